The second kappa shape index (κ2) is 4.91. The van der Waals surface area contributed by atoms with Crippen molar-refractivity contribution in [1.29, 1.82) is 0 Å². The van der Waals surface area contributed by atoms with E-state index in [0.29, 0.717) is 5.17 Å². The van der Waals surface area contributed by atoms with Crippen LogP contribution >= 0.6 is 11.8 Å². The third-order valence-corrected chi connectivity index (χ3v) is 3.90. The van der Waals surface area contributed by atoms with Crippen LogP contribution in [0.3, 0.4) is 0 Å². The lowest BCUT2D eigenvalue weighted by Crippen LogP contribution is -2.06. The molecule has 2 nitrogen and oxygen atoms in total. The van der Waals surface area contributed by atoms with Crippen LogP contribution in [-0.2, 0) is 0 Å². The Bertz CT molecular complexity index is 419. The number of amidine groups is 1. The lowest BCUT2D eigenvalue weighted by Gasteiger charge is -2.15. The molecule has 0 fully saturated rings. The van der Waals surface area contributed by atoms with Gasteiger partial charge in [0.25, 0.3) is 0 Å². The molecule has 0 aliphatic carbocycles. The fourth-order valence-electron chi connectivity index (χ4n) is 1.80. The Hall–Kier alpha value is -0.960. The van der Waals surface area contributed by atoms with E-state index in [1.54, 1.807) is 0 Å². The highest BCUT2D eigenvalue weighted by Crippen LogP contribution is 2.32. The summed E-state index contributed by atoms with van der Waals surface area (Å²) in [7, 11) is 0. The van der Waals surface area contributed by atoms with Crippen LogP contribution in [0.5, 0.6) is 0 Å². The van der Waals surface area contributed by atoms with Crippen molar-refractivity contribution in [2.45, 2.75) is 34.6 Å². The summed E-state index contributed by atoms with van der Waals surface area (Å²) in [5, 5.41) is 0.619. The molecular weight excluding hydrogens is 216 g/mol. The first-order valence-electron chi connectivity index (χ1n) is 5.35. The molecule has 1 aromatic rings. The molecule has 0 radical (unpaired) electrons. The van der Waals surface area contributed by atoms with Crippen molar-refractivity contribution in [3.63, 3.8) is 0 Å². The number of nitrogens with zero attached hydrogens (tertiary/aromatic N) is 1. The largest absolute Gasteiger partial charge is 0.378 e. The van der Waals surface area contributed by atoms with Crippen LogP contribution in [0.4, 0.5) is 5.69 Å². The lowest BCUT2D eigenvalue weighted by molar-refractivity contribution is 1.16. The fourth-order valence-corrected chi connectivity index (χ4v) is 1.99. The van der Waals surface area contributed by atoms with E-state index in [-0.39, 0.29) is 0 Å². The van der Waals surface area contributed by atoms with E-state index < -0.39 is 0 Å². The summed E-state index contributed by atoms with van der Waals surface area (Å²) in [5.41, 5.74) is 13.3. The van der Waals surface area contributed by atoms with Crippen molar-refractivity contribution in [1.82, 2.24) is 0 Å². The first-order valence-corrected chi connectivity index (χ1v) is 6.57. The maximum Gasteiger partial charge on any atom is 0.158 e. The van der Waals surface area contributed by atoms with Crippen LogP contribution < -0.4 is 5.73 Å². The van der Waals surface area contributed by atoms with Gasteiger partial charge in [0.1, 0.15) is 0 Å². The SMILES string of the molecule is CSC(N)=Nc1c(C)c(C)c(C)c(C)c1C. The lowest BCUT2D eigenvalue weighted by atomic mass is 9.93. The summed E-state index contributed by atoms with van der Waals surface area (Å²) in [6.45, 7) is 10.7. The third kappa shape index (κ3) is 2.24. The Morgan fingerprint density at radius 3 is 1.62 bits per heavy atom. The predicted molar refractivity (Wildman–Crippen MR) is 74.9 cm³/mol. The van der Waals surface area contributed by atoms with Crippen molar-refractivity contribution in [3.05, 3.63) is 27.8 Å². The molecule has 88 valence electrons. The van der Waals surface area contributed by atoms with Gasteiger partial charge in [0, 0.05) is 0 Å². The molecule has 0 aliphatic heterocycles. The molecular formula is C13H20N2S. The average molecular weight is 236 g/mol. The first kappa shape index (κ1) is 13.1. The second-order valence-electron chi connectivity index (χ2n) is 4.13. The van der Waals surface area contributed by atoms with E-state index >= 15 is 0 Å². The van der Waals surface area contributed by atoms with Crippen molar-refractivity contribution in [2.75, 3.05) is 6.26 Å². The van der Waals surface area contributed by atoms with Gasteiger partial charge in [-0.2, -0.15) is 0 Å². The Morgan fingerprint density at radius 2 is 1.25 bits per heavy atom. The zero-order valence-corrected chi connectivity index (χ0v) is 11.7. The summed E-state index contributed by atoms with van der Waals surface area (Å²) in [6, 6.07) is 0. The molecule has 0 bridgehead atoms. The van der Waals surface area contributed by atoms with Gasteiger partial charge in [-0.15, -0.1) is 0 Å². The van der Waals surface area contributed by atoms with Crippen molar-refractivity contribution < 1.29 is 0 Å². The molecule has 0 spiro atoms. The van der Waals surface area contributed by atoms with E-state index in [4.69, 9.17) is 5.73 Å². The van der Waals surface area contributed by atoms with Gasteiger partial charge in [0.15, 0.2) is 5.17 Å². The number of thioether (sulfide) groups is 1. The van der Waals surface area contributed by atoms with Gasteiger partial charge in [0.05, 0.1) is 5.69 Å². The van der Waals surface area contributed by atoms with Crippen molar-refractivity contribution in [2.24, 2.45) is 10.7 Å². The van der Waals surface area contributed by atoms with E-state index in [1.807, 2.05) is 6.26 Å². The van der Waals surface area contributed by atoms with Crippen LogP contribution in [0, 0.1) is 34.6 Å². The van der Waals surface area contributed by atoms with Gasteiger partial charge in [-0.3, -0.25) is 0 Å². The Kier molecular flexibility index (Phi) is 4.03. The molecule has 0 atom stereocenters. The maximum absolute atomic E-state index is 5.79. The first-order chi connectivity index (χ1) is 7.40. The van der Waals surface area contributed by atoms with Gasteiger partial charge >= 0.3 is 0 Å². The molecule has 1 rings (SSSR count). The molecule has 0 saturated heterocycles. The average Bonchev–Trinajstić information content (AvgIpc) is 2.29. The zero-order chi connectivity index (χ0) is 12.5. The zero-order valence-electron chi connectivity index (χ0n) is 10.9. The Balaban J connectivity index is 3.52. The summed E-state index contributed by atoms with van der Waals surface area (Å²) in [5.74, 6) is 0. The number of rotatable bonds is 1. The van der Waals surface area contributed by atoms with E-state index in [0.717, 1.165) is 5.69 Å². The van der Waals surface area contributed by atoms with E-state index in [1.165, 1.54) is 39.6 Å². The number of benzene rings is 1. The predicted octanol–water partition coefficient (Wildman–Crippen LogP) is 3.54. The van der Waals surface area contributed by atoms with Crippen molar-refractivity contribution in [3.8, 4) is 0 Å². The Labute approximate surface area is 102 Å². The molecule has 0 amide bonds. The summed E-state index contributed by atoms with van der Waals surface area (Å²) in [4.78, 5) is 4.50. The molecule has 3 heteroatoms. The van der Waals surface area contributed by atoms with Gasteiger partial charge < -0.3 is 5.73 Å². The number of hydrogen-bond acceptors (Lipinski definition) is 2. The standard InChI is InChI=1S/C13H20N2S/c1-7-8(2)10(4)12(11(5)9(7)3)15-13(14)16-6/h1-6H3,(H2,14,15). The van der Waals surface area contributed by atoms with Gasteiger partial charge in [-0.25, -0.2) is 4.99 Å². The highest BCUT2D eigenvalue weighted by molar-refractivity contribution is 8.13. The van der Waals surface area contributed by atoms with E-state index in [2.05, 4.69) is 39.6 Å². The minimum Gasteiger partial charge on any atom is -0.378 e. The normalized spacial score (nSPS) is 12.0. The Morgan fingerprint density at radius 1 is 0.875 bits per heavy atom. The molecule has 0 heterocycles. The number of hydrogen-bond donors (Lipinski definition) is 1. The van der Waals surface area contributed by atoms with Crippen LogP contribution in [0.2, 0.25) is 0 Å². The number of nitrogens with two attached hydrogens (primary N) is 1. The molecule has 0 aromatic heterocycles. The van der Waals surface area contributed by atoms with Gasteiger partial charge in [-0.1, -0.05) is 11.8 Å². The maximum atomic E-state index is 5.79. The summed E-state index contributed by atoms with van der Waals surface area (Å²) in [6.07, 6.45) is 1.94. The second-order valence-corrected chi connectivity index (χ2v) is 4.95. The monoisotopic (exact) mass is 236 g/mol. The topological polar surface area (TPSA) is 38.4 Å². The third-order valence-electron chi connectivity index (χ3n) is 3.39. The van der Waals surface area contributed by atoms with Gasteiger partial charge in [0.2, 0.25) is 0 Å². The molecule has 2 N–H and O–H groups in total. The van der Waals surface area contributed by atoms with Gasteiger partial charge in [-0.05, 0) is 68.7 Å². The van der Waals surface area contributed by atoms with Crippen LogP contribution in [-0.4, -0.2) is 11.4 Å². The fraction of sp³-hybridized carbons (Fsp3) is 0.462. The van der Waals surface area contributed by atoms with Crippen LogP contribution in [0.1, 0.15) is 27.8 Å². The summed E-state index contributed by atoms with van der Waals surface area (Å²) < 4.78 is 0. The highest BCUT2D eigenvalue weighted by Gasteiger charge is 2.11. The summed E-state index contributed by atoms with van der Waals surface area (Å²) >= 11 is 1.48. The van der Waals surface area contributed by atoms with E-state index in [9.17, 15) is 0 Å². The molecule has 1 aromatic carbocycles. The minimum atomic E-state index is 0.619. The number of aliphatic imine (C=N–C) groups is 1. The molecule has 16 heavy (non-hydrogen) atoms. The molecule has 0 aliphatic rings. The molecule has 0 saturated carbocycles. The highest BCUT2D eigenvalue weighted by atomic mass is 32.2. The quantitative estimate of drug-likeness (QED) is 0.598. The van der Waals surface area contributed by atoms with Crippen LogP contribution in [0.15, 0.2) is 4.99 Å². The smallest absolute Gasteiger partial charge is 0.158 e. The minimum absolute atomic E-state index is 0.619. The van der Waals surface area contributed by atoms with Crippen molar-refractivity contribution >= 4 is 22.6 Å². The van der Waals surface area contributed by atoms with Crippen LogP contribution in [0.25, 0.3) is 0 Å². The molecule has 0 unspecified atom stereocenters.